The average molecular weight is 261 g/mol. The second-order valence-electron chi connectivity index (χ2n) is 4.20. The monoisotopic (exact) mass is 261 g/mol. The molecule has 2 aromatic rings. The van der Waals surface area contributed by atoms with Crippen LogP contribution < -0.4 is 16.0 Å². The number of fused-ring (bicyclic) bond motifs is 1. The Balaban J connectivity index is 2.11. The number of rotatable bonds is 3. The molecule has 3 N–H and O–H groups in total. The van der Waals surface area contributed by atoms with Gasteiger partial charge in [0.1, 0.15) is 11.6 Å². The molecule has 2 heterocycles. The smallest absolute Gasteiger partial charge is 0.187 e. The number of hydrogen-bond donors (Lipinski definition) is 2. The van der Waals surface area contributed by atoms with E-state index in [-0.39, 0.29) is 0 Å². The van der Waals surface area contributed by atoms with Crippen molar-refractivity contribution in [2.45, 2.75) is 6.29 Å². The molecule has 19 heavy (non-hydrogen) atoms. The number of benzene rings is 1. The summed E-state index contributed by atoms with van der Waals surface area (Å²) in [6, 6.07) is 7.66. The number of anilines is 1. The molecule has 1 aliphatic heterocycles. The molecule has 1 fully saturated rings. The van der Waals surface area contributed by atoms with Crippen LogP contribution in [0.25, 0.3) is 10.9 Å². The maximum Gasteiger partial charge on any atom is 0.187 e. The molecule has 0 aliphatic carbocycles. The number of methoxy groups -OCH3 is 1. The SMILES string of the molecule is COc1ccc2cc(C3OCCO3)c(NN)nc2c1. The number of nitrogens with zero attached hydrogens (tertiary/aromatic N) is 1. The zero-order chi connectivity index (χ0) is 13.2. The Morgan fingerprint density at radius 2 is 2.11 bits per heavy atom. The number of nitrogens with two attached hydrogens (primary N) is 1. The van der Waals surface area contributed by atoms with Crippen molar-refractivity contribution in [1.82, 2.24) is 4.98 Å². The molecule has 0 saturated carbocycles. The summed E-state index contributed by atoms with van der Waals surface area (Å²) in [5.41, 5.74) is 4.19. The second-order valence-corrected chi connectivity index (χ2v) is 4.20. The third-order valence-electron chi connectivity index (χ3n) is 3.07. The van der Waals surface area contributed by atoms with E-state index in [0.717, 1.165) is 22.2 Å². The van der Waals surface area contributed by atoms with Crippen molar-refractivity contribution in [3.63, 3.8) is 0 Å². The molecule has 1 aromatic heterocycles. The van der Waals surface area contributed by atoms with E-state index in [0.29, 0.717) is 19.0 Å². The molecule has 0 unspecified atom stereocenters. The van der Waals surface area contributed by atoms with Gasteiger partial charge in [0.05, 0.1) is 31.4 Å². The van der Waals surface area contributed by atoms with Crippen LogP contribution in [0.3, 0.4) is 0 Å². The summed E-state index contributed by atoms with van der Waals surface area (Å²) in [6.45, 7) is 1.16. The third-order valence-corrected chi connectivity index (χ3v) is 3.07. The molecular weight excluding hydrogens is 246 g/mol. The summed E-state index contributed by atoms with van der Waals surface area (Å²) < 4.78 is 16.2. The van der Waals surface area contributed by atoms with Gasteiger partial charge >= 0.3 is 0 Å². The normalized spacial score (nSPS) is 15.9. The fraction of sp³-hybridized carbons (Fsp3) is 0.308. The molecule has 0 spiro atoms. The predicted molar refractivity (Wildman–Crippen MR) is 70.8 cm³/mol. The first-order chi connectivity index (χ1) is 9.31. The van der Waals surface area contributed by atoms with Crippen molar-refractivity contribution in [3.05, 3.63) is 29.8 Å². The molecule has 6 nitrogen and oxygen atoms in total. The summed E-state index contributed by atoms with van der Waals surface area (Å²) in [5.74, 6) is 6.83. The number of nitrogen functional groups attached to an aromatic ring is 1. The largest absolute Gasteiger partial charge is 0.497 e. The highest BCUT2D eigenvalue weighted by atomic mass is 16.7. The molecule has 0 bridgehead atoms. The quantitative estimate of drug-likeness (QED) is 0.645. The molecule has 0 amide bonds. The van der Waals surface area contributed by atoms with Crippen LogP contribution in [-0.4, -0.2) is 25.3 Å². The highest BCUT2D eigenvalue weighted by Crippen LogP contribution is 2.31. The lowest BCUT2D eigenvalue weighted by Gasteiger charge is -2.14. The van der Waals surface area contributed by atoms with Crippen LogP contribution in [0.4, 0.5) is 5.82 Å². The van der Waals surface area contributed by atoms with Crippen LogP contribution in [0.5, 0.6) is 5.75 Å². The minimum atomic E-state index is -0.412. The van der Waals surface area contributed by atoms with E-state index >= 15 is 0 Å². The van der Waals surface area contributed by atoms with Crippen molar-refractivity contribution in [2.24, 2.45) is 5.84 Å². The Kier molecular flexibility index (Phi) is 3.20. The Bertz CT molecular complexity index is 597. The van der Waals surface area contributed by atoms with Crippen molar-refractivity contribution in [2.75, 3.05) is 25.7 Å². The Hall–Kier alpha value is -1.89. The van der Waals surface area contributed by atoms with Gasteiger partial charge in [-0.15, -0.1) is 0 Å². The molecule has 1 saturated heterocycles. The standard InChI is InChI=1S/C13H15N3O3/c1-17-9-3-2-8-6-10(13-18-4-5-19-13)12(16-14)15-11(8)7-9/h2-3,6-7,13H,4-5,14H2,1H3,(H,15,16). The first kappa shape index (κ1) is 12.2. The molecule has 100 valence electrons. The van der Waals surface area contributed by atoms with Crippen LogP contribution in [0, 0.1) is 0 Å². The van der Waals surface area contributed by atoms with Gasteiger partial charge in [0.25, 0.3) is 0 Å². The van der Waals surface area contributed by atoms with Gasteiger partial charge < -0.3 is 19.6 Å². The van der Waals surface area contributed by atoms with Crippen LogP contribution in [0.1, 0.15) is 11.9 Å². The van der Waals surface area contributed by atoms with E-state index in [2.05, 4.69) is 10.4 Å². The first-order valence-corrected chi connectivity index (χ1v) is 6.00. The van der Waals surface area contributed by atoms with E-state index < -0.39 is 6.29 Å². The lowest BCUT2D eigenvalue weighted by Crippen LogP contribution is -2.13. The summed E-state index contributed by atoms with van der Waals surface area (Å²) in [5, 5.41) is 0.980. The van der Waals surface area contributed by atoms with E-state index in [4.69, 9.17) is 20.1 Å². The zero-order valence-corrected chi connectivity index (χ0v) is 10.6. The van der Waals surface area contributed by atoms with Crippen LogP contribution in [-0.2, 0) is 9.47 Å². The number of hydrogen-bond acceptors (Lipinski definition) is 6. The second kappa shape index (κ2) is 5.00. The van der Waals surface area contributed by atoms with E-state index in [1.165, 1.54) is 0 Å². The predicted octanol–water partition coefficient (Wildman–Crippen LogP) is 1.57. The van der Waals surface area contributed by atoms with E-state index in [1.807, 2.05) is 24.3 Å². The zero-order valence-electron chi connectivity index (χ0n) is 10.6. The molecule has 1 aliphatic rings. The van der Waals surface area contributed by atoms with E-state index in [9.17, 15) is 0 Å². The van der Waals surface area contributed by atoms with Gasteiger partial charge in [-0.2, -0.15) is 0 Å². The third kappa shape index (κ3) is 2.21. The molecule has 0 radical (unpaired) electrons. The van der Waals surface area contributed by atoms with Crippen molar-refractivity contribution >= 4 is 16.7 Å². The van der Waals surface area contributed by atoms with Gasteiger partial charge in [-0.05, 0) is 18.2 Å². The number of ether oxygens (including phenoxy) is 3. The Morgan fingerprint density at radius 1 is 1.32 bits per heavy atom. The van der Waals surface area contributed by atoms with Gasteiger partial charge in [0.15, 0.2) is 6.29 Å². The fourth-order valence-electron chi connectivity index (χ4n) is 2.12. The Morgan fingerprint density at radius 3 is 2.79 bits per heavy atom. The van der Waals surface area contributed by atoms with Crippen LogP contribution in [0.2, 0.25) is 0 Å². The summed E-state index contributed by atoms with van der Waals surface area (Å²) in [4.78, 5) is 4.47. The van der Waals surface area contributed by atoms with Gasteiger partial charge in [-0.1, -0.05) is 0 Å². The lowest BCUT2D eigenvalue weighted by atomic mass is 10.1. The van der Waals surface area contributed by atoms with E-state index in [1.54, 1.807) is 7.11 Å². The van der Waals surface area contributed by atoms with Crippen molar-refractivity contribution in [1.29, 1.82) is 0 Å². The minimum Gasteiger partial charge on any atom is -0.497 e. The lowest BCUT2D eigenvalue weighted by molar-refractivity contribution is -0.0436. The average Bonchev–Trinajstić information content (AvgIpc) is 2.99. The number of aromatic nitrogens is 1. The number of pyridine rings is 1. The molecule has 3 rings (SSSR count). The summed E-state index contributed by atoms with van der Waals surface area (Å²) in [7, 11) is 1.62. The highest BCUT2D eigenvalue weighted by Gasteiger charge is 2.22. The Labute approximate surface area is 110 Å². The number of hydrazine groups is 1. The maximum atomic E-state index is 5.52. The van der Waals surface area contributed by atoms with Crippen molar-refractivity contribution in [3.8, 4) is 5.75 Å². The summed E-state index contributed by atoms with van der Waals surface area (Å²) in [6.07, 6.45) is -0.412. The topological polar surface area (TPSA) is 78.6 Å². The van der Waals surface area contributed by atoms with Gasteiger partial charge in [-0.3, -0.25) is 0 Å². The summed E-state index contributed by atoms with van der Waals surface area (Å²) >= 11 is 0. The first-order valence-electron chi connectivity index (χ1n) is 6.00. The van der Waals surface area contributed by atoms with Gasteiger partial charge in [0, 0.05) is 11.5 Å². The molecule has 0 atom stereocenters. The fourth-order valence-corrected chi connectivity index (χ4v) is 2.12. The minimum absolute atomic E-state index is 0.412. The number of nitrogens with one attached hydrogen (secondary N) is 1. The van der Waals surface area contributed by atoms with Crippen molar-refractivity contribution < 1.29 is 14.2 Å². The van der Waals surface area contributed by atoms with Crippen LogP contribution in [0.15, 0.2) is 24.3 Å². The van der Waals surface area contributed by atoms with Crippen LogP contribution >= 0.6 is 0 Å². The van der Waals surface area contributed by atoms with Gasteiger partial charge in [0.2, 0.25) is 0 Å². The van der Waals surface area contributed by atoms with Gasteiger partial charge in [-0.25, -0.2) is 10.8 Å². The highest BCUT2D eigenvalue weighted by molar-refractivity contribution is 5.83. The molecule has 1 aromatic carbocycles. The molecule has 6 heteroatoms. The molecular formula is C13H15N3O3. The maximum absolute atomic E-state index is 5.52.